The number of hydrogen-bond donors (Lipinski definition) is 1. The van der Waals surface area contributed by atoms with Crippen molar-refractivity contribution >= 4 is 5.69 Å². The van der Waals surface area contributed by atoms with Crippen molar-refractivity contribution in [2.24, 2.45) is 0 Å². The highest BCUT2D eigenvalue weighted by molar-refractivity contribution is 5.43. The molecule has 1 atom stereocenters. The van der Waals surface area contributed by atoms with Crippen molar-refractivity contribution < 1.29 is 19.5 Å². The highest BCUT2D eigenvalue weighted by atomic mass is 16.6. The van der Waals surface area contributed by atoms with Gasteiger partial charge in [0, 0.05) is 24.1 Å². The number of non-ortho nitro benzene ring substituents is 1. The first-order valence-corrected chi connectivity index (χ1v) is 6.90. The smallest absolute Gasteiger partial charge is 0.270 e. The van der Waals surface area contributed by atoms with Crippen molar-refractivity contribution in [3.05, 3.63) is 33.9 Å². The number of hydrogen-bond acceptors (Lipinski definition) is 5. The zero-order valence-electron chi connectivity index (χ0n) is 12.8. The quantitative estimate of drug-likeness (QED) is 0.682. The van der Waals surface area contributed by atoms with Crippen LogP contribution in [-0.2, 0) is 11.3 Å². The molecule has 2 rings (SSSR count). The summed E-state index contributed by atoms with van der Waals surface area (Å²) in [5.41, 5.74) is -0.398. The SMILES string of the molecule is CC1(C)CC(Oc2ccc([N+](=O)[O-])cc2CO)C(C)(C)O1. The maximum atomic E-state index is 10.8. The third kappa shape index (κ3) is 3.33. The van der Waals surface area contributed by atoms with Crippen molar-refractivity contribution in [3.8, 4) is 5.75 Å². The Hall–Kier alpha value is -1.66. The Morgan fingerprint density at radius 2 is 2.10 bits per heavy atom. The summed E-state index contributed by atoms with van der Waals surface area (Å²) in [6.45, 7) is 7.60. The van der Waals surface area contributed by atoms with Gasteiger partial charge in [-0.25, -0.2) is 0 Å². The van der Waals surface area contributed by atoms with Crippen LogP contribution < -0.4 is 4.74 Å². The molecule has 0 spiro atoms. The molecule has 1 aliphatic heterocycles. The van der Waals surface area contributed by atoms with Gasteiger partial charge < -0.3 is 14.6 Å². The van der Waals surface area contributed by atoms with Crippen LogP contribution >= 0.6 is 0 Å². The number of nitrogens with zero attached hydrogens (tertiary/aromatic N) is 1. The van der Waals surface area contributed by atoms with Crippen LogP contribution in [-0.4, -0.2) is 27.3 Å². The summed E-state index contributed by atoms with van der Waals surface area (Å²) < 4.78 is 11.9. The van der Waals surface area contributed by atoms with Crippen LogP contribution in [0.3, 0.4) is 0 Å². The Kier molecular flexibility index (Phi) is 3.95. The van der Waals surface area contributed by atoms with Gasteiger partial charge in [0.1, 0.15) is 17.5 Å². The predicted octanol–water partition coefficient (Wildman–Crippen LogP) is 2.81. The fourth-order valence-corrected chi connectivity index (χ4v) is 2.77. The predicted molar refractivity (Wildman–Crippen MR) is 77.3 cm³/mol. The maximum absolute atomic E-state index is 10.8. The number of ether oxygens (including phenoxy) is 2. The Bertz CT molecular complexity index is 553. The van der Waals surface area contributed by atoms with E-state index in [2.05, 4.69) is 0 Å². The van der Waals surface area contributed by atoms with Crippen LogP contribution in [0.1, 0.15) is 39.7 Å². The van der Waals surface area contributed by atoms with Gasteiger partial charge in [0.2, 0.25) is 0 Å². The number of aliphatic hydroxyl groups excluding tert-OH is 1. The van der Waals surface area contributed by atoms with Crippen LogP contribution in [0.2, 0.25) is 0 Å². The molecule has 116 valence electrons. The van der Waals surface area contributed by atoms with Gasteiger partial charge in [0.25, 0.3) is 5.69 Å². The molecule has 0 amide bonds. The number of nitro benzene ring substituents is 1. The summed E-state index contributed by atoms with van der Waals surface area (Å²) in [6.07, 6.45) is 0.529. The van der Waals surface area contributed by atoms with E-state index >= 15 is 0 Å². The lowest BCUT2D eigenvalue weighted by Crippen LogP contribution is -2.36. The standard InChI is InChI=1S/C15H21NO5/c1-14(2)8-13(15(3,4)21-14)20-12-6-5-11(16(18)19)7-10(12)9-17/h5-7,13,17H,8-9H2,1-4H3. The van der Waals surface area contributed by atoms with Crippen LogP contribution in [0.15, 0.2) is 18.2 Å². The van der Waals surface area contributed by atoms with Gasteiger partial charge in [0.15, 0.2) is 0 Å². The van der Waals surface area contributed by atoms with Gasteiger partial charge in [-0.1, -0.05) is 0 Å². The molecule has 1 saturated heterocycles. The van der Waals surface area contributed by atoms with Crippen molar-refractivity contribution in [3.63, 3.8) is 0 Å². The Morgan fingerprint density at radius 3 is 2.57 bits per heavy atom. The molecule has 6 nitrogen and oxygen atoms in total. The minimum Gasteiger partial charge on any atom is -0.487 e. The van der Waals surface area contributed by atoms with Gasteiger partial charge in [-0.05, 0) is 33.8 Å². The molecule has 6 heteroatoms. The van der Waals surface area contributed by atoms with Gasteiger partial charge in [-0.3, -0.25) is 10.1 Å². The zero-order chi connectivity index (χ0) is 15.8. The van der Waals surface area contributed by atoms with E-state index in [0.717, 1.165) is 0 Å². The molecule has 1 aromatic carbocycles. The molecule has 0 saturated carbocycles. The molecule has 1 fully saturated rings. The van der Waals surface area contributed by atoms with E-state index in [0.29, 0.717) is 17.7 Å². The zero-order valence-corrected chi connectivity index (χ0v) is 12.8. The average Bonchev–Trinajstić information content (AvgIpc) is 2.57. The minimum atomic E-state index is -0.491. The molecular weight excluding hydrogens is 274 g/mol. The Balaban J connectivity index is 2.25. The highest BCUT2D eigenvalue weighted by Crippen LogP contribution is 2.40. The lowest BCUT2D eigenvalue weighted by molar-refractivity contribution is -0.385. The number of benzene rings is 1. The molecule has 0 bridgehead atoms. The van der Waals surface area contributed by atoms with Crippen LogP contribution in [0.5, 0.6) is 5.75 Å². The second-order valence-electron chi connectivity index (χ2n) is 6.48. The van der Waals surface area contributed by atoms with Crippen LogP contribution in [0.25, 0.3) is 0 Å². The molecule has 1 aliphatic rings. The summed E-state index contributed by atoms with van der Waals surface area (Å²) in [4.78, 5) is 10.3. The summed E-state index contributed by atoms with van der Waals surface area (Å²) in [5, 5.41) is 20.2. The summed E-state index contributed by atoms with van der Waals surface area (Å²) >= 11 is 0. The number of aliphatic hydroxyl groups is 1. The minimum absolute atomic E-state index is 0.0614. The number of rotatable bonds is 4. The first kappa shape index (κ1) is 15.7. The Morgan fingerprint density at radius 1 is 1.43 bits per heavy atom. The van der Waals surface area contributed by atoms with E-state index in [9.17, 15) is 15.2 Å². The molecule has 0 aromatic heterocycles. The van der Waals surface area contributed by atoms with E-state index in [1.165, 1.54) is 18.2 Å². The molecular formula is C15H21NO5. The topological polar surface area (TPSA) is 81.8 Å². The van der Waals surface area contributed by atoms with Crippen molar-refractivity contribution in [1.82, 2.24) is 0 Å². The van der Waals surface area contributed by atoms with Crippen molar-refractivity contribution in [2.45, 2.75) is 58.0 Å². The van der Waals surface area contributed by atoms with Crippen LogP contribution in [0.4, 0.5) is 5.69 Å². The lowest BCUT2D eigenvalue weighted by Gasteiger charge is -2.28. The highest BCUT2D eigenvalue weighted by Gasteiger charge is 2.47. The third-order valence-corrected chi connectivity index (χ3v) is 3.69. The van der Waals surface area contributed by atoms with Gasteiger partial charge in [0.05, 0.1) is 17.1 Å². The third-order valence-electron chi connectivity index (χ3n) is 3.69. The molecule has 1 aromatic rings. The van der Waals surface area contributed by atoms with Crippen molar-refractivity contribution in [1.29, 1.82) is 0 Å². The average molecular weight is 295 g/mol. The second kappa shape index (κ2) is 5.27. The number of nitro groups is 1. The fourth-order valence-electron chi connectivity index (χ4n) is 2.77. The first-order chi connectivity index (χ1) is 9.64. The summed E-state index contributed by atoms with van der Waals surface area (Å²) in [7, 11) is 0. The summed E-state index contributed by atoms with van der Waals surface area (Å²) in [5.74, 6) is 0.461. The largest absolute Gasteiger partial charge is 0.487 e. The molecule has 21 heavy (non-hydrogen) atoms. The van der Waals surface area contributed by atoms with Crippen LogP contribution in [0, 0.1) is 10.1 Å². The van der Waals surface area contributed by atoms with Gasteiger partial charge in [-0.2, -0.15) is 0 Å². The van der Waals surface area contributed by atoms with Gasteiger partial charge >= 0.3 is 0 Å². The van der Waals surface area contributed by atoms with E-state index in [-0.39, 0.29) is 24.0 Å². The molecule has 0 radical (unpaired) electrons. The molecule has 1 N–H and O–H groups in total. The monoisotopic (exact) mass is 295 g/mol. The van der Waals surface area contributed by atoms with E-state index in [1.54, 1.807) is 0 Å². The summed E-state index contributed by atoms with van der Waals surface area (Å²) in [6, 6.07) is 4.25. The normalized spacial score (nSPS) is 23.0. The molecule has 1 unspecified atom stereocenters. The van der Waals surface area contributed by atoms with E-state index in [4.69, 9.17) is 9.47 Å². The fraction of sp³-hybridized carbons (Fsp3) is 0.600. The maximum Gasteiger partial charge on any atom is 0.270 e. The Labute approximate surface area is 123 Å². The van der Waals surface area contributed by atoms with Crippen molar-refractivity contribution in [2.75, 3.05) is 0 Å². The molecule has 0 aliphatic carbocycles. The lowest BCUT2D eigenvalue weighted by atomic mass is 9.97. The molecule has 1 heterocycles. The second-order valence-corrected chi connectivity index (χ2v) is 6.48. The van der Waals surface area contributed by atoms with Gasteiger partial charge in [-0.15, -0.1) is 0 Å². The van der Waals surface area contributed by atoms with E-state index in [1.807, 2.05) is 27.7 Å². The first-order valence-electron chi connectivity index (χ1n) is 6.90. The van der Waals surface area contributed by atoms with E-state index < -0.39 is 10.5 Å².